The van der Waals surface area contributed by atoms with Gasteiger partial charge in [0.15, 0.2) is 0 Å². The van der Waals surface area contributed by atoms with E-state index < -0.39 is 17.4 Å². The molecule has 0 fully saturated rings. The van der Waals surface area contributed by atoms with Crippen LogP contribution in [0.2, 0.25) is 0 Å². The minimum absolute atomic E-state index is 0.138. The molecule has 0 N–H and O–H groups in total. The Balaban J connectivity index is 2.27. The van der Waals surface area contributed by atoms with Crippen molar-refractivity contribution in [1.29, 1.82) is 0 Å². The molecule has 102 valence electrons. The van der Waals surface area contributed by atoms with E-state index in [1.807, 2.05) is 0 Å². The third-order valence-electron chi connectivity index (χ3n) is 2.74. The fraction of sp³-hybridized carbons (Fsp3) is 0.0667. The molecule has 0 amide bonds. The second kappa shape index (κ2) is 5.96. The topological polar surface area (TPSA) is 43.4 Å². The number of ether oxygens (including phenoxy) is 1. The van der Waals surface area contributed by atoms with Gasteiger partial charge in [0.1, 0.15) is 11.6 Å². The summed E-state index contributed by atoms with van der Waals surface area (Å²) in [6.45, 7) is 0. The predicted octanol–water partition coefficient (Wildman–Crippen LogP) is 3.66. The summed E-state index contributed by atoms with van der Waals surface area (Å²) >= 11 is 2.98. The predicted molar refractivity (Wildman–Crippen MR) is 75.8 cm³/mol. The molecule has 0 aliphatic heterocycles. The Morgan fingerprint density at radius 1 is 1.00 bits per heavy atom. The minimum Gasteiger partial charge on any atom is -0.497 e. The van der Waals surface area contributed by atoms with Crippen molar-refractivity contribution in [2.45, 2.75) is 0 Å². The first-order valence-electron chi connectivity index (χ1n) is 5.71. The lowest BCUT2D eigenvalue weighted by Crippen LogP contribution is -2.14. The SMILES string of the molecule is COc1ccc(C(=O)C(=O)c2ccc(F)c(Br)c2)cc1. The number of halogens is 2. The maximum Gasteiger partial charge on any atom is 0.233 e. The van der Waals surface area contributed by atoms with E-state index >= 15 is 0 Å². The molecule has 0 saturated carbocycles. The summed E-state index contributed by atoms with van der Waals surface area (Å²) < 4.78 is 18.2. The molecule has 2 rings (SSSR count). The molecule has 0 saturated heterocycles. The Morgan fingerprint density at radius 2 is 1.55 bits per heavy atom. The lowest BCUT2D eigenvalue weighted by atomic mass is 10.0. The van der Waals surface area contributed by atoms with Crippen molar-refractivity contribution < 1.29 is 18.7 Å². The maximum absolute atomic E-state index is 13.1. The Hall–Kier alpha value is -2.01. The minimum atomic E-state index is -0.684. The van der Waals surface area contributed by atoms with Gasteiger partial charge in [-0.05, 0) is 58.4 Å². The van der Waals surface area contributed by atoms with Crippen molar-refractivity contribution >= 4 is 27.5 Å². The zero-order valence-corrected chi connectivity index (χ0v) is 12.1. The average molecular weight is 337 g/mol. The molecule has 0 bridgehead atoms. The molecule has 0 aromatic heterocycles. The van der Waals surface area contributed by atoms with Gasteiger partial charge < -0.3 is 4.74 Å². The number of benzene rings is 2. The Morgan fingerprint density at radius 3 is 2.10 bits per heavy atom. The summed E-state index contributed by atoms with van der Waals surface area (Å²) in [5, 5.41) is 0. The number of carbonyl (C=O) groups excluding carboxylic acids is 2. The molecule has 0 aliphatic rings. The van der Waals surface area contributed by atoms with Crippen LogP contribution >= 0.6 is 15.9 Å². The highest BCUT2D eigenvalue weighted by molar-refractivity contribution is 9.10. The highest BCUT2D eigenvalue weighted by Gasteiger charge is 2.19. The number of hydrogen-bond acceptors (Lipinski definition) is 3. The Bertz CT molecular complexity index is 665. The third-order valence-corrected chi connectivity index (χ3v) is 3.35. The normalized spacial score (nSPS) is 10.2. The average Bonchev–Trinajstić information content (AvgIpc) is 2.48. The summed E-state index contributed by atoms with van der Waals surface area (Å²) in [5.74, 6) is -1.22. The molecule has 0 atom stereocenters. The zero-order chi connectivity index (χ0) is 14.7. The number of rotatable bonds is 4. The van der Waals surface area contributed by atoms with Crippen molar-refractivity contribution in [3.05, 3.63) is 63.9 Å². The van der Waals surface area contributed by atoms with Gasteiger partial charge in [0, 0.05) is 11.1 Å². The van der Waals surface area contributed by atoms with Crippen LogP contribution in [0.15, 0.2) is 46.9 Å². The maximum atomic E-state index is 13.1. The first-order chi connectivity index (χ1) is 9.52. The van der Waals surface area contributed by atoms with Gasteiger partial charge in [0.05, 0.1) is 11.6 Å². The monoisotopic (exact) mass is 336 g/mol. The van der Waals surface area contributed by atoms with Crippen LogP contribution in [0.25, 0.3) is 0 Å². The standard InChI is InChI=1S/C15H10BrFO3/c1-20-11-5-2-9(3-6-11)14(18)15(19)10-4-7-13(17)12(16)8-10/h2-8H,1H3. The lowest BCUT2D eigenvalue weighted by molar-refractivity contribution is 0.0817. The fourth-order valence-electron chi connectivity index (χ4n) is 1.64. The first kappa shape index (κ1) is 14.4. The number of Topliss-reactive ketones (excluding diaryl/α,β-unsaturated/α-hetero) is 2. The molecule has 0 radical (unpaired) electrons. The van der Waals surface area contributed by atoms with Crippen molar-refractivity contribution in [2.75, 3.05) is 7.11 Å². The van der Waals surface area contributed by atoms with Gasteiger partial charge in [-0.15, -0.1) is 0 Å². The Labute approximate surface area is 123 Å². The summed E-state index contributed by atoms with van der Waals surface area (Å²) in [4.78, 5) is 24.1. The fourth-order valence-corrected chi connectivity index (χ4v) is 2.02. The van der Waals surface area contributed by atoms with Gasteiger partial charge in [-0.2, -0.15) is 0 Å². The van der Waals surface area contributed by atoms with Crippen LogP contribution in [0.3, 0.4) is 0 Å². The molecule has 3 nitrogen and oxygen atoms in total. The number of hydrogen-bond donors (Lipinski definition) is 0. The Kier molecular flexibility index (Phi) is 4.29. The zero-order valence-electron chi connectivity index (χ0n) is 10.5. The van der Waals surface area contributed by atoms with E-state index in [0.29, 0.717) is 5.75 Å². The quantitative estimate of drug-likeness (QED) is 0.632. The second-order valence-electron chi connectivity index (χ2n) is 4.02. The van der Waals surface area contributed by atoms with Crippen LogP contribution < -0.4 is 4.74 Å². The summed E-state index contributed by atoms with van der Waals surface area (Å²) in [6, 6.07) is 9.93. The molecule has 5 heteroatoms. The summed E-state index contributed by atoms with van der Waals surface area (Å²) in [6.07, 6.45) is 0. The van der Waals surface area contributed by atoms with Crippen LogP contribution in [0.1, 0.15) is 20.7 Å². The van der Waals surface area contributed by atoms with Gasteiger partial charge in [-0.25, -0.2) is 4.39 Å². The molecule has 0 spiro atoms. The molecular formula is C15H10BrFO3. The van der Waals surface area contributed by atoms with E-state index in [1.54, 1.807) is 12.1 Å². The van der Waals surface area contributed by atoms with Gasteiger partial charge in [-0.3, -0.25) is 9.59 Å². The van der Waals surface area contributed by atoms with Gasteiger partial charge in [-0.1, -0.05) is 0 Å². The highest BCUT2D eigenvalue weighted by Crippen LogP contribution is 2.19. The summed E-state index contributed by atoms with van der Waals surface area (Å²) in [5.41, 5.74) is 0.398. The molecule has 20 heavy (non-hydrogen) atoms. The molecule has 0 heterocycles. The van der Waals surface area contributed by atoms with Crippen molar-refractivity contribution in [3.8, 4) is 5.75 Å². The molecular weight excluding hydrogens is 327 g/mol. The van der Waals surface area contributed by atoms with Crippen LogP contribution in [-0.2, 0) is 0 Å². The van der Waals surface area contributed by atoms with E-state index in [4.69, 9.17) is 4.74 Å². The number of methoxy groups -OCH3 is 1. The van der Waals surface area contributed by atoms with Crippen LogP contribution in [0.4, 0.5) is 4.39 Å². The largest absolute Gasteiger partial charge is 0.497 e. The second-order valence-corrected chi connectivity index (χ2v) is 4.87. The highest BCUT2D eigenvalue weighted by atomic mass is 79.9. The molecule has 2 aromatic rings. The van der Waals surface area contributed by atoms with Crippen molar-refractivity contribution in [3.63, 3.8) is 0 Å². The number of ketones is 2. The number of carbonyl (C=O) groups is 2. The van der Waals surface area contributed by atoms with E-state index in [-0.39, 0.29) is 15.6 Å². The van der Waals surface area contributed by atoms with Crippen molar-refractivity contribution in [2.24, 2.45) is 0 Å². The molecule has 2 aromatic carbocycles. The smallest absolute Gasteiger partial charge is 0.233 e. The molecule has 0 unspecified atom stereocenters. The first-order valence-corrected chi connectivity index (χ1v) is 6.50. The van der Waals surface area contributed by atoms with Gasteiger partial charge in [0.2, 0.25) is 11.6 Å². The third kappa shape index (κ3) is 2.93. The van der Waals surface area contributed by atoms with E-state index in [0.717, 1.165) is 6.07 Å². The lowest BCUT2D eigenvalue weighted by Gasteiger charge is -2.03. The van der Waals surface area contributed by atoms with E-state index in [1.165, 1.54) is 31.4 Å². The molecule has 0 aliphatic carbocycles. The van der Waals surface area contributed by atoms with Crippen LogP contribution in [0.5, 0.6) is 5.75 Å². The van der Waals surface area contributed by atoms with E-state index in [2.05, 4.69) is 15.9 Å². The van der Waals surface area contributed by atoms with Gasteiger partial charge in [0.25, 0.3) is 0 Å². The summed E-state index contributed by atoms with van der Waals surface area (Å²) in [7, 11) is 1.51. The van der Waals surface area contributed by atoms with Crippen LogP contribution in [0, 0.1) is 5.82 Å². The van der Waals surface area contributed by atoms with E-state index in [9.17, 15) is 14.0 Å². The van der Waals surface area contributed by atoms with Crippen LogP contribution in [-0.4, -0.2) is 18.7 Å². The van der Waals surface area contributed by atoms with Gasteiger partial charge >= 0.3 is 0 Å². The van der Waals surface area contributed by atoms with Crippen molar-refractivity contribution in [1.82, 2.24) is 0 Å².